The SMILES string of the molecule is Cc1cnc(N2C[C@@H](CO)[C@H](CO)C2)nc1N(C)C. The van der Waals surface area contributed by atoms with Crippen molar-refractivity contribution in [1.29, 1.82) is 0 Å². The zero-order valence-corrected chi connectivity index (χ0v) is 11.7. The molecular weight excluding hydrogens is 244 g/mol. The third-order valence-corrected chi connectivity index (χ3v) is 3.68. The first-order chi connectivity index (χ1) is 9.06. The lowest BCUT2D eigenvalue weighted by Crippen LogP contribution is -2.24. The van der Waals surface area contributed by atoms with Crippen molar-refractivity contribution in [2.24, 2.45) is 11.8 Å². The average molecular weight is 266 g/mol. The Morgan fingerprint density at radius 2 is 1.84 bits per heavy atom. The lowest BCUT2D eigenvalue weighted by atomic mass is 9.98. The molecule has 6 heteroatoms. The molecule has 1 saturated heterocycles. The number of hydrogen-bond acceptors (Lipinski definition) is 6. The first-order valence-electron chi connectivity index (χ1n) is 6.54. The van der Waals surface area contributed by atoms with Crippen LogP contribution in [0.2, 0.25) is 0 Å². The molecule has 0 aliphatic carbocycles. The maximum atomic E-state index is 9.33. The van der Waals surface area contributed by atoms with Crippen molar-refractivity contribution in [3.8, 4) is 0 Å². The number of hydrogen-bond donors (Lipinski definition) is 2. The van der Waals surface area contributed by atoms with E-state index >= 15 is 0 Å². The molecule has 0 bridgehead atoms. The van der Waals surface area contributed by atoms with Gasteiger partial charge in [0.1, 0.15) is 5.82 Å². The van der Waals surface area contributed by atoms with E-state index in [1.54, 1.807) is 0 Å². The van der Waals surface area contributed by atoms with Crippen LogP contribution >= 0.6 is 0 Å². The molecule has 0 aromatic carbocycles. The van der Waals surface area contributed by atoms with Crippen molar-refractivity contribution >= 4 is 11.8 Å². The maximum absolute atomic E-state index is 9.33. The molecule has 0 saturated carbocycles. The topological polar surface area (TPSA) is 72.7 Å². The van der Waals surface area contributed by atoms with Gasteiger partial charge in [-0.1, -0.05) is 0 Å². The van der Waals surface area contributed by atoms with E-state index in [2.05, 4.69) is 9.97 Å². The highest BCUT2D eigenvalue weighted by molar-refractivity contribution is 5.48. The summed E-state index contributed by atoms with van der Waals surface area (Å²) in [6, 6.07) is 0. The second kappa shape index (κ2) is 5.71. The molecule has 0 spiro atoms. The van der Waals surface area contributed by atoms with Gasteiger partial charge in [0, 0.05) is 64.0 Å². The summed E-state index contributed by atoms with van der Waals surface area (Å²) in [7, 11) is 3.91. The van der Waals surface area contributed by atoms with Gasteiger partial charge in [-0.2, -0.15) is 4.98 Å². The van der Waals surface area contributed by atoms with Gasteiger partial charge in [-0.25, -0.2) is 4.98 Å². The van der Waals surface area contributed by atoms with Crippen molar-refractivity contribution < 1.29 is 10.2 Å². The second-order valence-electron chi connectivity index (χ2n) is 5.36. The summed E-state index contributed by atoms with van der Waals surface area (Å²) in [5, 5.41) is 18.7. The largest absolute Gasteiger partial charge is 0.396 e. The lowest BCUT2D eigenvalue weighted by Gasteiger charge is -2.20. The van der Waals surface area contributed by atoms with E-state index in [9.17, 15) is 10.2 Å². The molecule has 6 nitrogen and oxygen atoms in total. The molecular formula is C13H22N4O2. The minimum absolute atomic E-state index is 0.0914. The maximum Gasteiger partial charge on any atom is 0.227 e. The fourth-order valence-electron chi connectivity index (χ4n) is 2.54. The van der Waals surface area contributed by atoms with E-state index in [0.29, 0.717) is 19.0 Å². The standard InChI is InChI=1S/C13H22N4O2/c1-9-4-14-13(15-12(9)16(2)3)17-5-10(7-18)11(6-17)8-19/h4,10-11,18-19H,5-8H2,1-3H3/t10-,11-/m0/s1. The molecule has 1 aliphatic heterocycles. The van der Waals surface area contributed by atoms with Crippen molar-refractivity contribution in [2.45, 2.75) is 6.92 Å². The second-order valence-corrected chi connectivity index (χ2v) is 5.36. The Bertz CT molecular complexity index is 427. The summed E-state index contributed by atoms with van der Waals surface area (Å²) in [6.07, 6.45) is 1.82. The molecule has 0 radical (unpaired) electrons. The van der Waals surface area contributed by atoms with Crippen LogP contribution in [0.15, 0.2) is 6.20 Å². The Kier molecular flexibility index (Phi) is 4.21. The minimum atomic E-state index is 0.0914. The van der Waals surface area contributed by atoms with Crippen LogP contribution in [0.4, 0.5) is 11.8 Å². The van der Waals surface area contributed by atoms with Gasteiger partial charge in [0.15, 0.2) is 0 Å². The lowest BCUT2D eigenvalue weighted by molar-refractivity contribution is 0.152. The fraction of sp³-hybridized carbons (Fsp3) is 0.692. The van der Waals surface area contributed by atoms with Crippen LogP contribution in [0.25, 0.3) is 0 Å². The Morgan fingerprint density at radius 3 is 2.32 bits per heavy atom. The van der Waals surface area contributed by atoms with E-state index in [-0.39, 0.29) is 25.0 Å². The van der Waals surface area contributed by atoms with Crippen LogP contribution in [0.1, 0.15) is 5.56 Å². The van der Waals surface area contributed by atoms with Gasteiger partial charge < -0.3 is 20.0 Å². The quantitative estimate of drug-likeness (QED) is 0.792. The Labute approximate surface area is 113 Å². The summed E-state index contributed by atoms with van der Waals surface area (Å²) in [5.41, 5.74) is 1.03. The Morgan fingerprint density at radius 1 is 1.26 bits per heavy atom. The highest BCUT2D eigenvalue weighted by atomic mass is 16.3. The van der Waals surface area contributed by atoms with Crippen molar-refractivity contribution in [3.63, 3.8) is 0 Å². The number of nitrogens with zero attached hydrogens (tertiary/aromatic N) is 4. The number of aryl methyl sites for hydroxylation is 1. The van der Waals surface area contributed by atoms with Gasteiger partial charge in [-0.15, -0.1) is 0 Å². The summed E-state index contributed by atoms with van der Waals surface area (Å²) < 4.78 is 0. The number of aliphatic hydroxyl groups is 2. The summed E-state index contributed by atoms with van der Waals surface area (Å²) in [4.78, 5) is 12.9. The zero-order valence-electron chi connectivity index (χ0n) is 11.7. The highest BCUT2D eigenvalue weighted by Crippen LogP contribution is 2.27. The molecule has 1 fully saturated rings. The molecule has 1 aliphatic rings. The molecule has 1 aromatic rings. The predicted octanol–water partition coefficient (Wildman–Crippen LogP) is -0.112. The van der Waals surface area contributed by atoms with E-state index in [0.717, 1.165) is 11.4 Å². The van der Waals surface area contributed by atoms with Gasteiger partial charge in [-0.05, 0) is 6.92 Å². The Balaban J connectivity index is 2.21. The van der Waals surface area contributed by atoms with Crippen LogP contribution in [0, 0.1) is 18.8 Å². The molecule has 19 heavy (non-hydrogen) atoms. The first kappa shape index (κ1) is 14.0. The zero-order chi connectivity index (χ0) is 14.0. The van der Waals surface area contributed by atoms with E-state index in [1.165, 1.54) is 0 Å². The van der Waals surface area contributed by atoms with Gasteiger partial charge in [0.25, 0.3) is 0 Å². The third-order valence-electron chi connectivity index (χ3n) is 3.68. The fourth-order valence-corrected chi connectivity index (χ4v) is 2.54. The van der Waals surface area contributed by atoms with E-state index in [4.69, 9.17) is 0 Å². The average Bonchev–Trinajstić information content (AvgIpc) is 2.82. The number of aliphatic hydroxyl groups excluding tert-OH is 2. The third kappa shape index (κ3) is 2.79. The van der Waals surface area contributed by atoms with Crippen molar-refractivity contribution in [2.75, 3.05) is 50.2 Å². The van der Waals surface area contributed by atoms with Crippen molar-refractivity contribution in [3.05, 3.63) is 11.8 Å². The van der Waals surface area contributed by atoms with Gasteiger partial charge in [0.05, 0.1) is 0 Å². The highest BCUT2D eigenvalue weighted by Gasteiger charge is 2.33. The minimum Gasteiger partial charge on any atom is -0.396 e. The molecule has 0 unspecified atom stereocenters. The van der Waals surface area contributed by atoms with Crippen LogP contribution in [-0.2, 0) is 0 Å². The summed E-state index contributed by atoms with van der Waals surface area (Å²) >= 11 is 0. The van der Waals surface area contributed by atoms with E-state index < -0.39 is 0 Å². The number of rotatable bonds is 4. The van der Waals surface area contributed by atoms with Crippen LogP contribution in [0.5, 0.6) is 0 Å². The van der Waals surface area contributed by atoms with E-state index in [1.807, 2.05) is 37.0 Å². The molecule has 2 N–H and O–H groups in total. The molecule has 0 amide bonds. The molecule has 106 valence electrons. The van der Waals surface area contributed by atoms with Gasteiger partial charge >= 0.3 is 0 Å². The first-order valence-corrected chi connectivity index (χ1v) is 6.54. The summed E-state index contributed by atoms with van der Waals surface area (Å²) in [5.74, 6) is 1.76. The number of aromatic nitrogens is 2. The summed E-state index contributed by atoms with van der Waals surface area (Å²) in [6.45, 7) is 3.55. The Hall–Kier alpha value is -1.40. The normalized spacial score (nSPS) is 22.9. The monoisotopic (exact) mass is 266 g/mol. The molecule has 2 rings (SSSR count). The smallest absolute Gasteiger partial charge is 0.227 e. The number of anilines is 2. The van der Waals surface area contributed by atoms with Crippen LogP contribution < -0.4 is 9.80 Å². The molecule has 2 atom stereocenters. The van der Waals surface area contributed by atoms with Crippen LogP contribution in [-0.4, -0.2) is 60.6 Å². The van der Waals surface area contributed by atoms with Gasteiger partial charge in [0.2, 0.25) is 5.95 Å². The molecule has 2 heterocycles. The molecule has 1 aromatic heterocycles. The predicted molar refractivity (Wildman–Crippen MR) is 74.5 cm³/mol. The van der Waals surface area contributed by atoms with Gasteiger partial charge in [-0.3, -0.25) is 0 Å². The van der Waals surface area contributed by atoms with Crippen LogP contribution in [0.3, 0.4) is 0 Å². The van der Waals surface area contributed by atoms with Crippen molar-refractivity contribution in [1.82, 2.24) is 9.97 Å².